The number of carbonyl (C=O) groups excluding carboxylic acids is 1. The molecule has 0 heterocycles. The fourth-order valence-corrected chi connectivity index (χ4v) is 6.24. The molecule has 0 atom stereocenters. The van der Waals surface area contributed by atoms with Crippen LogP contribution in [-0.2, 0) is 4.79 Å². The van der Waals surface area contributed by atoms with Crippen molar-refractivity contribution in [3.63, 3.8) is 0 Å². The molecule has 282 valence electrons. The standard InChI is InChI=1S/C40H86N6O/c1-2-3-4-5-6-7-8-9-10-11-12-13-14-15-16-17-18-19-20-21-22-23-24-25-26-27-38-45-46-39-40(47)44-37-31-36-43-34-29-28-33-42-35-30-32-41/h42-43,45-46H,2-39,41H2,1H3,(H,44,47). The van der Waals surface area contributed by atoms with E-state index in [4.69, 9.17) is 5.73 Å². The van der Waals surface area contributed by atoms with Gasteiger partial charge < -0.3 is 21.7 Å². The molecular formula is C40H86N6O. The largest absolute Gasteiger partial charge is 0.355 e. The Labute approximate surface area is 294 Å². The molecule has 7 N–H and O–H groups in total. The normalized spacial score (nSPS) is 11.4. The summed E-state index contributed by atoms with van der Waals surface area (Å²) in [5.41, 5.74) is 11.7. The third-order valence-electron chi connectivity index (χ3n) is 9.40. The van der Waals surface area contributed by atoms with Crippen LogP contribution in [0, 0.1) is 0 Å². The van der Waals surface area contributed by atoms with Crippen LogP contribution >= 0.6 is 0 Å². The van der Waals surface area contributed by atoms with Crippen LogP contribution in [0.2, 0.25) is 0 Å². The Hall–Kier alpha value is -0.730. The zero-order valence-electron chi connectivity index (χ0n) is 31.9. The second-order valence-corrected chi connectivity index (χ2v) is 14.2. The molecule has 1 amide bonds. The lowest BCUT2D eigenvalue weighted by atomic mass is 10.0. The van der Waals surface area contributed by atoms with Crippen LogP contribution in [0.25, 0.3) is 0 Å². The molecule has 0 saturated heterocycles. The van der Waals surface area contributed by atoms with Gasteiger partial charge in [0, 0.05) is 13.1 Å². The van der Waals surface area contributed by atoms with Crippen molar-refractivity contribution in [2.24, 2.45) is 5.73 Å². The van der Waals surface area contributed by atoms with E-state index < -0.39 is 0 Å². The van der Waals surface area contributed by atoms with Gasteiger partial charge in [-0.05, 0) is 64.8 Å². The van der Waals surface area contributed by atoms with E-state index >= 15 is 0 Å². The molecule has 0 aliphatic rings. The zero-order valence-corrected chi connectivity index (χ0v) is 31.9. The highest BCUT2D eigenvalue weighted by molar-refractivity contribution is 5.77. The predicted molar refractivity (Wildman–Crippen MR) is 208 cm³/mol. The Morgan fingerprint density at radius 3 is 1.13 bits per heavy atom. The number of hydrogen-bond acceptors (Lipinski definition) is 6. The third-order valence-corrected chi connectivity index (χ3v) is 9.40. The molecule has 0 rings (SSSR count). The number of carbonyl (C=O) groups is 1. The van der Waals surface area contributed by atoms with E-state index in [1.54, 1.807) is 0 Å². The van der Waals surface area contributed by atoms with Gasteiger partial charge in [0.2, 0.25) is 5.91 Å². The highest BCUT2D eigenvalue weighted by Gasteiger charge is 2.00. The van der Waals surface area contributed by atoms with E-state index in [9.17, 15) is 4.79 Å². The van der Waals surface area contributed by atoms with Gasteiger partial charge in [-0.2, -0.15) is 0 Å². The van der Waals surface area contributed by atoms with Crippen molar-refractivity contribution < 1.29 is 4.79 Å². The van der Waals surface area contributed by atoms with E-state index in [1.807, 2.05) is 0 Å². The van der Waals surface area contributed by atoms with Crippen LogP contribution in [-0.4, -0.2) is 58.3 Å². The van der Waals surface area contributed by atoms with Crippen molar-refractivity contribution in [3.05, 3.63) is 0 Å². The highest BCUT2D eigenvalue weighted by Crippen LogP contribution is 2.16. The lowest BCUT2D eigenvalue weighted by Gasteiger charge is -2.09. The summed E-state index contributed by atoms with van der Waals surface area (Å²) in [6, 6.07) is 0. The Morgan fingerprint density at radius 1 is 0.383 bits per heavy atom. The monoisotopic (exact) mass is 667 g/mol. The number of hydrazine groups is 1. The van der Waals surface area contributed by atoms with E-state index in [0.717, 1.165) is 58.7 Å². The van der Waals surface area contributed by atoms with Gasteiger partial charge in [0.05, 0.1) is 6.54 Å². The fourth-order valence-electron chi connectivity index (χ4n) is 6.24. The first kappa shape index (κ1) is 46.3. The first-order valence-corrected chi connectivity index (χ1v) is 21.1. The highest BCUT2D eigenvalue weighted by atomic mass is 16.2. The molecule has 0 aliphatic carbocycles. The van der Waals surface area contributed by atoms with Crippen LogP contribution in [0.4, 0.5) is 0 Å². The first-order chi connectivity index (χ1) is 23.3. The summed E-state index contributed by atoms with van der Waals surface area (Å²) in [5, 5.41) is 9.84. The fraction of sp³-hybridized carbons (Fsp3) is 0.975. The Balaban J connectivity index is 3.12. The third kappa shape index (κ3) is 43.2. The summed E-state index contributed by atoms with van der Waals surface area (Å²) in [6.45, 7) is 9.14. The molecule has 7 heteroatoms. The first-order valence-electron chi connectivity index (χ1n) is 21.1. The SMILES string of the molecule is CCCCCCCCCCCCCCCCCCCCCCCCCCCCNNCC(=O)NCCCNCCCCNCCCN. The predicted octanol–water partition coefficient (Wildman–Crippen LogP) is 9.06. The van der Waals surface area contributed by atoms with Crippen LogP contribution in [0.15, 0.2) is 0 Å². The summed E-state index contributed by atoms with van der Waals surface area (Å²) < 4.78 is 0. The second-order valence-electron chi connectivity index (χ2n) is 14.2. The average Bonchev–Trinajstić information content (AvgIpc) is 3.08. The van der Waals surface area contributed by atoms with Gasteiger partial charge in [-0.3, -0.25) is 10.2 Å². The van der Waals surface area contributed by atoms with Crippen LogP contribution in [0.3, 0.4) is 0 Å². The minimum atomic E-state index is 0.0612. The van der Waals surface area contributed by atoms with Crippen LogP contribution in [0.5, 0.6) is 0 Å². The number of nitrogens with two attached hydrogens (primary N) is 1. The lowest BCUT2D eigenvalue weighted by molar-refractivity contribution is -0.120. The summed E-state index contributed by atoms with van der Waals surface area (Å²) in [7, 11) is 0. The van der Waals surface area contributed by atoms with Gasteiger partial charge in [-0.1, -0.05) is 167 Å². The van der Waals surface area contributed by atoms with E-state index in [2.05, 4.69) is 33.7 Å². The van der Waals surface area contributed by atoms with Crippen LogP contribution in [0.1, 0.15) is 200 Å². The minimum absolute atomic E-state index is 0.0612. The molecule has 0 aromatic heterocycles. The molecule has 0 bridgehead atoms. The van der Waals surface area contributed by atoms with E-state index in [1.165, 1.54) is 180 Å². The smallest absolute Gasteiger partial charge is 0.235 e. The van der Waals surface area contributed by atoms with Gasteiger partial charge >= 0.3 is 0 Å². The number of amides is 1. The van der Waals surface area contributed by atoms with Gasteiger partial charge in [-0.25, -0.2) is 5.43 Å². The van der Waals surface area contributed by atoms with Crippen molar-refractivity contribution in [2.75, 3.05) is 52.4 Å². The molecule has 0 saturated carbocycles. The Morgan fingerprint density at radius 2 is 0.723 bits per heavy atom. The lowest BCUT2D eigenvalue weighted by Crippen LogP contribution is -2.41. The number of unbranched alkanes of at least 4 members (excludes halogenated alkanes) is 26. The number of hydrogen-bond donors (Lipinski definition) is 6. The van der Waals surface area contributed by atoms with Crippen molar-refractivity contribution in [1.29, 1.82) is 0 Å². The molecular weight excluding hydrogens is 580 g/mol. The maximum Gasteiger partial charge on any atom is 0.235 e. The summed E-state index contributed by atoms with van der Waals surface area (Å²) in [5.74, 6) is 0.0612. The van der Waals surface area contributed by atoms with E-state index in [-0.39, 0.29) is 5.91 Å². The molecule has 0 radical (unpaired) electrons. The molecule has 0 fully saturated rings. The van der Waals surface area contributed by atoms with Gasteiger partial charge in [0.25, 0.3) is 0 Å². The van der Waals surface area contributed by atoms with Crippen molar-refractivity contribution in [1.82, 2.24) is 26.8 Å². The quantitative estimate of drug-likeness (QED) is 0.0287. The summed E-state index contributed by atoms with van der Waals surface area (Å²) in [6.07, 6.45) is 41.5. The maximum absolute atomic E-state index is 11.9. The molecule has 0 aliphatic heterocycles. The van der Waals surface area contributed by atoms with E-state index in [0.29, 0.717) is 6.54 Å². The summed E-state index contributed by atoms with van der Waals surface area (Å²) >= 11 is 0. The molecule has 7 nitrogen and oxygen atoms in total. The molecule has 0 unspecified atom stereocenters. The van der Waals surface area contributed by atoms with Gasteiger partial charge in [0.15, 0.2) is 0 Å². The average molecular weight is 667 g/mol. The van der Waals surface area contributed by atoms with Gasteiger partial charge in [0.1, 0.15) is 0 Å². The molecule has 47 heavy (non-hydrogen) atoms. The topological polar surface area (TPSA) is 103 Å². The minimum Gasteiger partial charge on any atom is -0.355 e. The number of nitrogens with one attached hydrogen (secondary N) is 5. The van der Waals surface area contributed by atoms with Crippen LogP contribution < -0.4 is 32.5 Å². The molecule has 0 aromatic rings. The second kappa shape index (κ2) is 43.3. The van der Waals surface area contributed by atoms with Crippen molar-refractivity contribution in [2.45, 2.75) is 200 Å². The Bertz CT molecular complexity index is 579. The van der Waals surface area contributed by atoms with Crippen molar-refractivity contribution in [3.8, 4) is 0 Å². The maximum atomic E-state index is 11.9. The molecule has 0 aromatic carbocycles. The zero-order chi connectivity index (χ0) is 34.0. The van der Waals surface area contributed by atoms with Gasteiger partial charge in [-0.15, -0.1) is 0 Å². The summed E-state index contributed by atoms with van der Waals surface area (Å²) in [4.78, 5) is 11.9. The molecule has 0 spiro atoms. The number of rotatable bonds is 42. The Kier molecular flexibility index (Phi) is 42.6. The van der Waals surface area contributed by atoms with Crippen molar-refractivity contribution >= 4 is 5.91 Å².